The van der Waals surface area contributed by atoms with Gasteiger partial charge in [0.05, 0.1) is 22.3 Å². The summed E-state index contributed by atoms with van der Waals surface area (Å²) in [5.41, 5.74) is 2.26. The Labute approximate surface area is 281 Å². The van der Waals surface area contributed by atoms with Gasteiger partial charge in [0.1, 0.15) is 11.5 Å². The molecule has 0 aromatic heterocycles. The highest BCUT2D eigenvalue weighted by Crippen LogP contribution is 2.29. The van der Waals surface area contributed by atoms with E-state index in [2.05, 4.69) is 10.6 Å². The van der Waals surface area contributed by atoms with Gasteiger partial charge >= 0.3 is 0 Å². The third-order valence-corrected chi connectivity index (χ3v) is 8.24. The van der Waals surface area contributed by atoms with Crippen LogP contribution in [0, 0.1) is 0 Å². The summed E-state index contributed by atoms with van der Waals surface area (Å²) in [5, 5.41) is 26.8. The maximum absolute atomic E-state index is 13.4. The third kappa shape index (κ3) is 7.83. The molecule has 10 heteroatoms. The van der Waals surface area contributed by atoms with E-state index in [4.69, 9.17) is 0 Å². The summed E-state index contributed by atoms with van der Waals surface area (Å²) in [6, 6.07) is 22.4. The number of rotatable bonds is 15. The van der Waals surface area contributed by atoms with Gasteiger partial charge in [-0.2, -0.15) is 0 Å². The van der Waals surface area contributed by atoms with Gasteiger partial charge in [-0.05, 0) is 64.1 Å². The lowest BCUT2D eigenvalue weighted by molar-refractivity contribution is 0.0921. The van der Waals surface area contributed by atoms with Crippen molar-refractivity contribution < 1.29 is 29.4 Å². The van der Waals surface area contributed by atoms with Crippen molar-refractivity contribution in [2.75, 3.05) is 49.1 Å². The average molecular weight is 651 g/mol. The Morgan fingerprint density at radius 3 is 1.15 bits per heavy atom. The number of phenols is 2. The average Bonchev–Trinajstić information content (AvgIpc) is 3.10. The van der Waals surface area contributed by atoms with Crippen molar-refractivity contribution in [1.82, 2.24) is 10.6 Å². The largest absolute Gasteiger partial charge is 0.507 e. The number of amides is 2. The van der Waals surface area contributed by atoms with Crippen molar-refractivity contribution >= 4 is 34.8 Å². The zero-order chi connectivity index (χ0) is 34.8. The lowest BCUT2D eigenvalue weighted by Gasteiger charge is -2.21. The molecule has 0 bridgehead atoms. The smallest absolute Gasteiger partial charge is 0.252 e. The molecule has 0 atom stereocenters. The van der Waals surface area contributed by atoms with E-state index in [-0.39, 0.29) is 58.0 Å². The first kappa shape index (κ1) is 35.2. The van der Waals surface area contributed by atoms with Crippen molar-refractivity contribution in [2.24, 2.45) is 0 Å². The van der Waals surface area contributed by atoms with E-state index in [0.29, 0.717) is 0 Å². The zero-order valence-electron chi connectivity index (χ0n) is 27.7. The van der Waals surface area contributed by atoms with Gasteiger partial charge < -0.3 is 30.6 Å². The molecule has 0 aliphatic rings. The van der Waals surface area contributed by atoms with Gasteiger partial charge in [0.15, 0.2) is 11.6 Å². The molecule has 4 aromatic rings. The fourth-order valence-electron chi connectivity index (χ4n) is 5.59. The minimum atomic E-state index is -0.522. The minimum absolute atomic E-state index is 0.0423. The summed E-state index contributed by atoms with van der Waals surface area (Å²) in [5.74, 6) is -2.38. The highest BCUT2D eigenvalue weighted by Gasteiger charge is 2.23. The van der Waals surface area contributed by atoms with E-state index < -0.39 is 23.4 Å². The van der Waals surface area contributed by atoms with Gasteiger partial charge in [-0.15, -0.1) is 0 Å². The molecule has 4 aromatic carbocycles. The number of aromatic hydroxyl groups is 2. The number of hydrogen-bond donors (Lipinski definition) is 4. The van der Waals surface area contributed by atoms with E-state index >= 15 is 0 Å². The predicted octanol–water partition coefficient (Wildman–Crippen LogP) is 5.41. The van der Waals surface area contributed by atoms with E-state index in [1.807, 2.05) is 37.5 Å². The number of carbonyl (C=O) groups excluding carboxylic acids is 4. The second-order valence-corrected chi connectivity index (χ2v) is 11.0. The van der Waals surface area contributed by atoms with Gasteiger partial charge in [0.2, 0.25) is 0 Å². The molecule has 0 saturated heterocycles. The van der Waals surface area contributed by atoms with Crippen LogP contribution in [0.25, 0.3) is 0 Å². The molecule has 0 aliphatic heterocycles. The Balaban J connectivity index is 1.41. The number of anilines is 2. The molecule has 4 N–H and O–H groups in total. The Hall–Kier alpha value is -5.64. The van der Waals surface area contributed by atoms with Gasteiger partial charge in [-0.25, -0.2) is 0 Å². The molecule has 0 saturated carbocycles. The van der Waals surface area contributed by atoms with Crippen LogP contribution < -0.4 is 20.4 Å². The zero-order valence-corrected chi connectivity index (χ0v) is 27.7. The standard InChI is InChI=1S/C38H42N4O6/c1-5-41(6-2)25-17-19-31(33(43)23-25)35(45)27-13-9-11-15-29(27)37(47)39-21-22-40-38(48)30-16-12-10-14-28(30)36(46)32-20-18-26(24-34(32)44)42(7-3)8-4/h9-20,23-24,43-44H,5-8,21-22H2,1-4H3,(H,39,47)(H,40,48). The first-order chi connectivity index (χ1) is 23.1. The maximum atomic E-state index is 13.4. The molecule has 0 unspecified atom stereocenters. The Bertz CT molecular complexity index is 1660. The van der Waals surface area contributed by atoms with Crippen molar-refractivity contribution in [2.45, 2.75) is 27.7 Å². The van der Waals surface area contributed by atoms with Gasteiger partial charge in [-0.1, -0.05) is 36.4 Å². The molecule has 0 spiro atoms. The second-order valence-electron chi connectivity index (χ2n) is 11.0. The topological polar surface area (TPSA) is 139 Å². The van der Waals surface area contributed by atoms with E-state index in [1.54, 1.807) is 60.7 Å². The van der Waals surface area contributed by atoms with Crippen LogP contribution in [0.2, 0.25) is 0 Å². The summed E-state index contributed by atoms with van der Waals surface area (Å²) in [4.78, 5) is 57.2. The molecular weight excluding hydrogens is 608 g/mol. The molecule has 48 heavy (non-hydrogen) atoms. The minimum Gasteiger partial charge on any atom is -0.507 e. The van der Waals surface area contributed by atoms with Crippen LogP contribution in [0.4, 0.5) is 11.4 Å². The van der Waals surface area contributed by atoms with Crippen molar-refractivity contribution in [3.8, 4) is 11.5 Å². The number of nitrogens with zero attached hydrogens (tertiary/aromatic N) is 2. The third-order valence-electron chi connectivity index (χ3n) is 8.24. The van der Waals surface area contributed by atoms with Crippen LogP contribution in [0.5, 0.6) is 11.5 Å². The number of benzene rings is 4. The van der Waals surface area contributed by atoms with Crippen LogP contribution in [0.1, 0.15) is 80.3 Å². The van der Waals surface area contributed by atoms with Crippen molar-refractivity contribution in [1.29, 1.82) is 0 Å². The lowest BCUT2D eigenvalue weighted by Crippen LogP contribution is -2.35. The van der Waals surface area contributed by atoms with Crippen molar-refractivity contribution in [3.63, 3.8) is 0 Å². The van der Waals surface area contributed by atoms with E-state index in [1.165, 1.54) is 24.3 Å². The van der Waals surface area contributed by atoms with E-state index in [9.17, 15) is 29.4 Å². The number of nitrogens with one attached hydrogen (secondary N) is 2. The molecule has 250 valence electrons. The predicted molar refractivity (Wildman–Crippen MR) is 188 cm³/mol. The summed E-state index contributed by atoms with van der Waals surface area (Å²) in [6.45, 7) is 11.1. The Morgan fingerprint density at radius 2 is 0.833 bits per heavy atom. The van der Waals surface area contributed by atoms with Gasteiger partial charge in [-0.3, -0.25) is 19.2 Å². The fourth-order valence-corrected chi connectivity index (χ4v) is 5.59. The number of carbonyl (C=O) groups is 4. The molecule has 0 radical (unpaired) electrons. The molecule has 0 fully saturated rings. The highest BCUT2D eigenvalue weighted by atomic mass is 16.3. The number of ketones is 2. The van der Waals surface area contributed by atoms with Gasteiger partial charge in [0.25, 0.3) is 11.8 Å². The number of phenolic OH excluding ortho intramolecular Hbond substituents is 2. The normalized spacial score (nSPS) is 10.7. The van der Waals surface area contributed by atoms with E-state index in [0.717, 1.165) is 37.6 Å². The quantitative estimate of drug-likeness (QED) is 0.0990. The SMILES string of the molecule is CCN(CC)c1ccc(C(=O)c2ccccc2C(=O)NCCNC(=O)c2ccccc2C(=O)c2ccc(N(CC)CC)cc2O)c(O)c1. The lowest BCUT2D eigenvalue weighted by atomic mass is 9.96. The number of hydrogen-bond acceptors (Lipinski definition) is 8. The summed E-state index contributed by atoms with van der Waals surface area (Å²) < 4.78 is 0. The fraction of sp³-hybridized carbons (Fsp3) is 0.263. The monoisotopic (exact) mass is 650 g/mol. The second kappa shape index (κ2) is 16.3. The van der Waals surface area contributed by atoms with Crippen LogP contribution in [-0.2, 0) is 0 Å². The molecule has 10 nitrogen and oxygen atoms in total. The van der Waals surface area contributed by atoms with Crippen LogP contribution in [0.15, 0.2) is 84.9 Å². The maximum Gasteiger partial charge on any atom is 0.252 e. The summed E-state index contributed by atoms with van der Waals surface area (Å²) in [7, 11) is 0. The van der Waals surface area contributed by atoms with Crippen molar-refractivity contribution in [3.05, 3.63) is 118 Å². The summed E-state index contributed by atoms with van der Waals surface area (Å²) in [6.07, 6.45) is 0. The van der Waals surface area contributed by atoms with Crippen LogP contribution in [-0.4, -0.2) is 72.9 Å². The molecule has 0 heterocycles. The molecule has 4 rings (SSSR count). The molecule has 0 aliphatic carbocycles. The van der Waals surface area contributed by atoms with Crippen LogP contribution in [0.3, 0.4) is 0 Å². The Kier molecular flexibility index (Phi) is 11.9. The summed E-state index contributed by atoms with van der Waals surface area (Å²) >= 11 is 0. The first-order valence-electron chi connectivity index (χ1n) is 16.1. The Morgan fingerprint density at radius 1 is 0.500 bits per heavy atom. The molecule has 2 amide bonds. The van der Waals surface area contributed by atoms with Gasteiger partial charge in [0, 0.05) is 73.9 Å². The molecular formula is C38H42N4O6. The van der Waals surface area contributed by atoms with Crippen LogP contribution >= 0.6 is 0 Å². The highest BCUT2D eigenvalue weighted by molar-refractivity contribution is 6.17. The first-order valence-corrected chi connectivity index (χ1v) is 16.1.